The molecule has 1 heterocycles. The number of allylic oxidation sites excluding steroid dienone is 3. The van der Waals surface area contributed by atoms with Crippen molar-refractivity contribution >= 4 is 17.3 Å². The van der Waals surface area contributed by atoms with Gasteiger partial charge in [0.15, 0.2) is 5.78 Å². The van der Waals surface area contributed by atoms with E-state index in [2.05, 4.69) is 11.4 Å². The predicted molar refractivity (Wildman–Crippen MR) is 97.5 cm³/mol. The van der Waals surface area contributed by atoms with E-state index in [1.54, 1.807) is 18.2 Å². The minimum atomic E-state index is -0.400. The largest absolute Gasteiger partial charge is 0.508 e. The van der Waals surface area contributed by atoms with Crippen LogP contribution in [0.25, 0.3) is 5.70 Å². The molecule has 2 aromatic carbocycles. The second kappa shape index (κ2) is 5.43. The molecular formula is C22H17NO3. The number of ketones is 2. The van der Waals surface area contributed by atoms with Crippen LogP contribution in [0.4, 0.5) is 0 Å². The molecule has 2 atom stereocenters. The lowest BCUT2D eigenvalue weighted by atomic mass is 9.70. The number of hydrogen-bond acceptors (Lipinski definition) is 4. The third-order valence-electron chi connectivity index (χ3n) is 5.53. The first-order valence-electron chi connectivity index (χ1n) is 8.82. The van der Waals surface area contributed by atoms with Crippen LogP contribution in [-0.4, -0.2) is 16.7 Å². The van der Waals surface area contributed by atoms with Gasteiger partial charge in [0.2, 0.25) is 0 Å². The first-order valence-corrected chi connectivity index (χ1v) is 8.82. The normalized spacial score (nSPS) is 23.8. The maximum absolute atomic E-state index is 13.2. The average Bonchev–Trinajstić information content (AvgIpc) is 2.93. The molecule has 0 spiro atoms. The highest BCUT2D eigenvalue weighted by Crippen LogP contribution is 2.50. The van der Waals surface area contributed by atoms with Crippen LogP contribution in [0, 0.1) is 5.92 Å². The third kappa shape index (κ3) is 2.02. The minimum absolute atomic E-state index is 0.0335. The summed E-state index contributed by atoms with van der Waals surface area (Å²) < 4.78 is 0. The van der Waals surface area contributed by atoms with Crippen molar-refractivity contribution in [1.29, 1.82) is 0 Å². The molecule has 4 nitrogen and oxygen atoms in total. The Bertz CT molecular complexity index is 1030. The van der Waals surface area contributed by atoms with E-state index in [1.165, 1.54) is 0 Å². The van der Waals surface area contributed by atoms with E-state index in [-0.39, 0.29) is 23.2 Å². The first-order chi connectivity index (χ1) is 12.6. The topological polar surface area (TPSA) is 66.4 Å². The van der Waals surface area contributed by atoms with E-state index < -0.39 is 5.92 Å². The summed E-state index contributed by atoms with van der Waals surface area (Å²) in [4.78, 5) is 26.0. The van der Waals surface area contributed by atoms with E-state index in [0.29, 0.717) is 24.0 Å². The molecule has 3 aliphatic rings. The molecular weight excluding hydrogens is 326 g/mol. The van der Waals surface area contributed by atoms with Gasteiger partial charge in [0.05, 0.1) is 11.6 Å². The Kier molecular flexibility index (Phi) is 3.16. The zero-order valence-electron chi connectivity index (χ0n) is 14.0. The summed E-state index contributed by atoms with van der Waals surface area (Å²) in [5.74, 6) is -0.535. The lowest BCUT2D eigenvalue weighted by Crippen LogP contribution is -2.38. The van der Waals surface area contributed by atoms with Gasteiger partial charge < -0.3 is 10.4 Å². The summed E-state index contributed by atoms with van der Waals surface area (Å²) in [5.41, 5.74) is 4.66. The number of carbonyl (C=O) groups excluding carboxylic acids is 2. The van der Waals surface area contributed by atoms with Crippen molar-refractivity contribution < 1.29 is 14.7 Å². The lowest BCUT2D eigenvalue weighted by molar-refractivity contribution is -0.122. The van der Waals surface area contributed by atoms with Crippen molar-refractivity contribution in [1.82, 2.24) is 5.32 Å². The van der Waals surface area contributed by atoms with Crippen molar-refractivity contribution in [3.05, 3.63) is 82.6 Å². The zero-order valence-corrected chi connectivity index (χ0v) is 14.0. The van der Waals surface area contributed by atoms with E-state index >= 15 is 0 Å². The summed E-state index contributed by atoms with van der Waals surface area (Å²) in [6, 6.07) is 14.5. The molecule has 0 aromatic heterocycles. The van der Waals surface area contributed by atoms with E-state index in [0.717, 1.165) is 22.5 Å². The molecule has 4 heteroatoms. The molecule has 5 rings (SSSR count). The van der Waals surface area contributed by atoms with Crippen LogP contribution >= 0.6 is 0 Å². The van der Waals surface area contributed by atoms with E-state index in [1.807, 2.05) is 30.3 Å². The van der Waals surface area contributed by atoms with Crippen molar-refractivity contribution in [3.8, 4) is 5.75 Å². The highest BCUT2D eigenvalue weighted by Gasteiger charge is 2.46. The van der Waals surface area contributed by atoms with Crippen molar-refractivity contribution in [2.45, 2.75) is 18.8 Å². The summed E-state index contributed by atoms with van der Waals surface area (Å²) in [6.45, 7) is 0. The second-order valence-corrected chi connectivity index (χ2v) is 7.00. The summed E-state index contributed by atoms with van der Waals surface area (Å²) in [6.07, 6.45) is 3.26. The van der Waals surface area contributed by atoms with Crippen LogP contribution in [0.5, 0.6) is 5.75 Å². The van der Waals surface area contributed by atoms with Crippen molar-refractivity contribution in [3.63, 3.8) is 0 Å². The van der Waals surface area contributed by atoms with Crippen molar-refractivity contribution in [2.24, 2.45) is 5.92 Å². The van der Waals surface area contributed by atoms with Crippen LogP contribution in [0.2, 0.25) is 0 Å². The molecule has 1 aliphatic heterocycles. The number of carbonyl (C=O) groups is 2. The van der Waals surface area contributed by atoms with Gasteiger partial charge in [0.1, 0.15) is 11.5 Å². The van der Waals surface area contributed by atoms with Crippen LogP contribution < -0.4 is 5.32 Å². The summed E-state index contributed by atoms with van der Waals surface area (Å²) in [5, 5.41) is 13.4. The molecule has 0 radical (unpaired) electrons. The summed E-state index contributed by atoms with van der Waals surface area (Å²) in [7, 11) is 0. The highest BCUT2D eigenvalue weighted by atomic mass is 16.3. The third-order valence-corrected chi connectivity index (χ3v) is 5.53. The fraction of sp³-hybridized carbons (Fsp3) is 0.182. The summed E-state index contributed by atoms with van der Waals surface area (Å²) >= 11 is 0. The number of aromatic hydroxyl groups is 1. The van der Waals surface area contributed by atoms with Crippen LogP contribution in [0.15, 0.2) is 65.9 Å². The first kappa shape index (κ1) is 15.1. The molecule has 2 unspecified atom stereocenters. The van der Waals surface area contributed by atoms with Crippen molar-refractivity contribution in [2.75, 3.05) is 0 Å². The molecule has 0 saturated heterocycles. The molecule has 0 saturated carbocycles. The number of Topliss-reactive ketones (excluding diaryl/α,β-unsaturated/α-hetero) is 2. The SMILES string of the molecule is O=C1C2=C(NC3=CCCC(=O)C3C2c2cccc(O)c2)c2ccccc21. The Morgan fingerprint density at radius 2 is 1.77 bits per heavy atom. The average molecular weight is 343 g/mol. The number of nitrogens with one attached hydrogen (secondary N) is 1. The predicted octanol–water partition coefficient (Wildman–Crippen LogP) is 3.55. The Labute approximate surface area is 150 Å². The van der Waals surface area contributed by atoms with Gasteiger partial charge in [-0.05, 0) is 24.1 Å². The number of fused-ring (bicyclic) bond motifs is 3. The molecule has 2 N–H and O–H groups in total. The van der Waals surface area contributed by atoms with Gasteiger partial charge in [-0.1, -0.05) is 42.5 Å². The number of rotatable bonds is 1. The number of benzene rings is 2. The second-order valence-electron chi connectivity index (χ2n) is 7.00. The maximum atomic E-state index is 13.2. The standard InChI is InChI=1S/C22H17NO3/c24-13-6-3-5-12(11-13)18-19-16(9-4-10-17(19)25)23-21-14-7-1-2-8-15(14)22(26)20(18)21/h1-3,5-9,11,18-19,23-24H,4,10H2. The fourth-order valence-electron chi connectivity index (χ4n) is 4.44. The minimum Gasteiger partial charge on any atom is -0.508 e. The number of hydrogen-bond donors (Lipinski definition) is 2. The Morgan fingerprint density at radius 3 is 2.58 bits per heavy atom. The lowest BCUT2D eigenvalue weighted by Gasteiger charge is -2.37. The molecule has 2 aromatic rings. The number of phenols is 1. The Balaban J connectivity index is 1.77. The zero-order chi connectivity index (χ0) is 17.8. The van der Waals surface area contributed by atoms with E-state index in [9.17, 15) is 14.7 Å². The smallest absolute Gasteiger partial charge is 0.192 e. The van der Waals surface area contributed by atoms with Gasteiger partial charge in [-0.15, -0.1) is 0 Å². The fourth-order valence-corrected chi connectivity index (χ4v) is 4.44. The maximum Gasteiger partial charge on any atom is 0.192 e. The highest BCUT2D eigenvalue weighted by molar-refractivity contribution is 6.22. The molecule has 0 fully saturated rings. The molecule has 0 bridgehead atoms. The van der Waals surface area contributed by atoms with Gasteiger partial charge in [0, 0.05) is 34.7 Å². The van der Waals surface area contributed by atoms with Crippen LogP contribution in [-0.2, 0) is 4.79 Å². The monoisotopic (exact) mass is 343 g/mol. The van der Waals surface area contributed by atoms with Gasteiger partial charge >= 0.3 is 0 Å². The van der Waals surface area contributed by atoms with Crippen LogP contribution in [0.3, 0.4) is 0 Å². The molecule has 0 amide bonds. The Morgan fingerprint density at radius 1 is 0.962 bits per heavy atom. The van der Waals surface area contributed by atoms with E-state index in [4.69, 9.17) is 0 Å². The van der Waals surface area contributed by atoms with Gasteiger partial charge in [-0.2, -0.15) is 0 Å². The van der Waals surface area contributed by atoms with Gasteiger partial charge in [0.25, 0.3) is 0 Å². The van der Waals surface area contributed by atoms with Crippen LogP contribution in [0.1, 0.15) is 40.2 Å². The Hall–Kier alpha value is -3.14. The number of phenolic OH excluding ortho intramolecular Hbond substituents is 1. The quantitative estimate of drug-likeness (QED) is 0.831. The van der Waals surface area contributed by atoms with Gasteiger partial charge in [-0.25, -0.2) is 0 Å². The molecule has 128 valence electrons. The molecule has 2 aliphatic carbocycles. The molecule has 26 heavy (non-hydrogen) atoms. The van der Waals surface area contributed by atoms with Gasteiger partial charge in [-0.3, -0.25) is 9.59 Å².